The van der Waals surface area contributed by atoms with Crippen LogP contribution in [0.25, 0.3) is 0 Å². The zero-order chi connectivity index (χ0) is 17.8. The average molecular weight is 351 g/mol. The fourth-order valence-electron chi connectivity index (χ4n) is 3.31. The molecular formula is C16H16F3N5O. The van der Waals surface area contributed by atoms with Gasteiger partial charge in [-0.25, -0.2) is 9.97 Å². The third-order valence-corrected chi connectivity index (χ3v) is 4.71. The first-order chi connectivity index (χ1) is 11.8. The third-order valence-electron chi connectivity index (χ3n) is 4.71. The van der Waals surface area contributed by atoms with Gasteiger partial charge in [0.05, 0.1) is 12.1 Å². The van der Waals surface area contributed by atoms with E-state index in [-0.39, 0.29) is 6.54 Å². The molecule has 6 nitrogen and oxygen atoms in total. The Labute approximate surface area is 141 Å². The van der Waals surface area contributed by atoms with Crippen LogP contribution in [0, 0.1) is 11.8 Å². The van der Waals surface area contributed by atoms with E-state index in [1.165, 1.54) is 6.42 Å². The number of fused-ring (bicyclic) bond motifs is 1. The summed E-state index contributed by atoms with van der Waals surface area (Å²) < 4.78 is 40.0. The third kappa shape index (κ3) is 3.10. The lowest BCUT2D eigenvalue weighted by Crippen LogP contribution is -2.24. The minimum absolute atomic E-state index is 0.0713. The van der Waals surface area contributed by atoms with E-state index >= 15 is 0 Å². The molecule has 1 saturated carbocycles. The standard InChI is InChI=1S/C16H16F3N5O/c1-9(25)13-8-24(22-14(13)16(17,18)19)5-10-3-20-15(21-4-10)23-6-11-2-12(11)7-23/h3-4,8,11-12H,2,5-7H2,1H3. The van der Waals surface area contributed by atoms with Crippen LogP contribution in [0.1, 0.15) is 35.0 Å². The Morgan fingerprint density at radius 2 is 1.88 bits per heavy atom. The van der Waals surface area contributed by atoms with Crippen molar-refractivity contribution in [2.75, 3.05) is 18.0 Å². The number of halogens is 3. The lowest BCUT2D eigenvalue weighted by molar-refractivity contribution is -0.141. The molecule has 0 aromatic carbocycles. The molecule has 2 fully saturated rings. The highest BCUT2D eigenvalue weighted by Gasteiger charge is 2.45. The summed E-state index contributed by atoms with van der Waals surface area (Å²) in [6.07, 6.45) is 0.924. The highest BCUT2D eigenvalue weighted by molar-refractivity contribution is 5.95. The summed E-state index contributed by atoms with van der Waals surface area (Å²) in [5, 5.41) is 3.52. The zero-order valence-corrected chi connectivity index (χ0v) is 13.5. The maximum Gasteiger partial charge on any atom is 0.435 e. The second-order valence-corrected chi connectivity index (χ2v) is 6.70. The molecule has 2 atom stereocenters. The lowest BCUT2D eigenvalue weighted by Gasteiger charge is -2.17. The van der Waals surface area contributed by atoms with Gasteiger partial charge in [-0.15, -0.1) is 0 Å². The van der Waals surface area contributed by atoms with Gasteiger partial charge < -0.3 is 4.90 Å². The quantitative estimate of drug-likeness (QED) is 0.792. The summed E-state index contributed by atoms with van der Waals surface area (Å²) in [6, 6.07) is 0. The topological polar surface area (TPSA) is 63.9 Å². The Morgan fingerprint density at radius 1 is 1.24 bits per heavy atom. The highest BCUT2D eigenvalue weighted by Crippen LogP contribution is 2.45. The first-order valence-electron chi connectivity index (χ1n) is 8.02. The normalized spacial score (nSPS) is 22.2. The number of alkyl halides is 3. The van der Waals surface area contributed by atoms with Crippen molar-refractivity contribution in [3.8, 4) is 0 Å². The van der Waals surface area contributed by atoms with Gasteiger partial charge in [-0.3, -0.25) is 9.48 Å². The fraction of sp³-hybridized carbons (Fsp3) is 0.500. The number of anilines is 1. The van der Waals surface area contributed by atoms with Crippen molar-refractivity contribution < 1.29 is 18.0 Å². The molecule has 25 heavy (non-hydrogen) atoms. The smallest absolute Gasteiger partial charge is 0.340 e. The number of piperidine rings is 1. The SMILES string of the molecule is CC(=O)c1cn(Cc2cnc(N3CC4CC4C3)nc2)nc1C(F)(F)F. The van der Waals surface area contributed by atoms with Crippen LogP contribution in [0.5, 0.6) is 0 Å². The molecular weight excluding hydrogens is 335 g/mol. The zero-order valence-electron chi connectivity index (χ0n) is 13.5. The molecule has 2 unspecified atom stereocenters. The maximum atomic E-state index is 13.0. The maximum absolute atomic E-state index is 13.0. The predicted octanol–water partition coefficient (Wildman–Crippen LogP) is 2.40. The summed E-state index contributed by atoms with van der Waals surface area (Å²) in [5.74, 6) is 1.51. The van der Waals surface area contributed by atoms with Crippen LogP contribution >= 0.6 is 0 Å². The molecule has 9 heteroatoms. The van der Waals surface area contributed by atoms with Crippen LogP contribution in [-0.4, -0.2) is 38.6 Å². The van der Waals surface area contributed by atoms with Crippen LogP contribution in [0.15, 0.2) is 18.6 Å². The molecule has 0 spiro atoms. The minimum atomic E-state index is -4.66. The summed E-state index contributed by atoms with van der Waals surface area (Å²) in [6.45, 7) is 3.11. The molecule has 0 amide bonds. The largest absolute Gasteiger partial charge is 0.435 e. The van der Waals surface area contributed by atoms with Crippen molar-refractivity contribution in [1.82, 2.24) is 19.7 Å². The lowest BCUT2D eigenvalue weighted by atomic mass is 10.2. The molecule has 0 bridgehead atoms. The van der Waals surface area contributed by atoms with Crippen molar-refractivity contribution in [3.05, 3.63) is 35.4 Å². The molecule has 4 rings (SSSR count). The summed E-state index contributed by atoms with van der Waals surface area (Å²) in [4.78, 5) is 22.2. The number of carbonyl (C=O) groups is 1. The molecule has 0 radical (unpaired) electrons. The number of aromatic nitrogens is 4. The number of hydrogen-bond donors (Lipinski definition) is 0. The van der Waals surface area contributed by atoms with Gasteiger partial charge >= 0.3 is 6.18 Å². The molecule has 1 saturated heterocycles. The second-order valence-electron chi connectivity index (χ2n) is 6.70. The van der Waals surface area contributed by atoms with E-state index in [4.69, 9.17) is 0 Å². The van der Waals surface area contributed by atoms with Crippen molar-refractivity contribution in [2.45, 2.75) is 26.1 Å². The van der Waals surface area contributed by atoms with Gasteiger partial charge in [-0.1, -0.05) is 0 Å². The average Bonchev–Trinajstić information content (AvgIpc) is 2.96. The van der Waals surface area contributed by atoms with E-state index in [1.807, 2.05) is 0 Å². The number of carbonyl (C=O) groups excluding carboxylic acids is 1. The van der Waals surface area contributed by atoms with E-state index in [9.17, 15) is 18.0 Å². The fourth-order valence-corrected chi connectivity index (χ4v) is 3.31. The van der Waals surface area contributed by atoms with Crippen LogP contribution in [-0.2, 0) is 12.7 Å². The molecule has 3 heterocycles. The first kappa shape index (κ1) is 16.0. The van der Waals surface area contributed by atoms with Gasteiger partial charge in [0.2, 0.25) is 5.95 Å². The number of nitrogens with zero attached hydrogens (tertiary/aromatic N) is 5. The van der Waals surface area contributed by atoms with Gasteiger partial charge in [-0.05, 0) is 25.2 Å². The molecule has 2 aromatic heterocycles. The number of Topliss-reactive ketones (excluding diaryl/α,β-unsaturated/α-hetero) is 1. The Balaban J connectivity index is 1.51. The number of hydrogen-bond acceptors (Lipinski definition) is 5. The Hall–Kier alpha value is -2.45. The van der Waals surface area contributed by atoms with Crippen LogP contribution in [0.3, 0.4) is 0 Å². The molecule has 132 valence electrons. The molecule has 1 aliphatic heterocycles. The van der Waals surface area contributed by atoms with Crippen molar-refractivity contribution in [2.24, 2.45) is 11.8 Å². The Morgan fingerprint density at radius 3 is 2.40 bits per heavy atom. The molecule has 2 aromatic rings. The van der Waals surface area contributed by atoms with Gasteiger partial charge in [0.1, 0.15) is 0 Å². The van der Waals surface area contributed by atoms with E-state index in [0.717, 1.165) is 42.7 Å². The Kier molecular flexibility index (Phi) is 3.55. The molecule has 2 aliphatic rings. The van der Waals surface area contributed by atoms with Crippen LogP contribution < -0.4 is 4.90 Å². The van der Waals surface area contributed by atoms with Crippen molar-refractivity contribution >= 4 is 11.7 Å². The number of rotatable bonds is 4. The second kappa shape index (κ2) is 5.53. The van der Waals surface area contributed by atoms with Crippen LogP contribution in [0.4, 0.5) is 19.1 Å². The summed E-state index contributed by atoms with van der Waals surface area (Å²) in [7, 11) is 0. The van der Waals surface area contributed by atoms with Crippen molar-refractivity contribution in [1.29, 1.82) is 0 Å². The van der Waals surface area contributed by atoms with E-state index in [2.05, 4.69) is 20.0 Å². The van der Waals surface area contributed by atoms with E-state index in [0.29, 0.717) is 11.5 Å². The van der Waals surface area contributed by atoms with Gasteiger partial charge in [0, 0.05) is 37.2 Å². The van der Waals surface area contributed by atoms with E-state index < -0.39 is 23.2 Å². The Bertz CT molecular complexity index is 804. The molecule has 1 aliphatic carbocycles. The summed E-state index contributed by atoms with van der Waals surface area (Å²) >= 11 is 0. The number of ketones is 1. The highest BCUT2D eigenvalue weighted by atomic mass is 19.4. The van der Waals surface area contributed by atoms with Crippen LogP contribution in [0.2, 0.25) is 0 Å². The minimum Gasteiger partial charge on any atom is -0.340 e. The van der Waals surface area contributed by atoms with E-state index in [1.54, 1.807) is 12.4 Å². The van der Waals surface area contributed by atoms with Gasteiger partial charge in [-0.2, -0.15) is 18.3 Å². The van der Waals surface area contributed by atoms with Crippen molar-refractivity contribution in [3.63, 3.8) is 0 Å². The van der Waals surface area contributed by atoms with Gasteiger partial charge in [0.15, 0.2) is 11.5 Å². The monoisotopic (exact) mass is 351 g/mol. The van der Waals surface area contributed by atoms with Gasteiger partial charge in [0.25, 0.3) is 0 Å². The summed E-state index contributed by atoms with van der Waals surface area (Å²) in [5.41, 5.74) is -0.963. The predicted molar refractivity (Wildman–Crippen MR) is 82.2 cm³/mol. The molecule has 0 N–H and O–H groups in total. The first-order valence-corrected chi connectivity index (χ1v) is 8.02.